The zero-order chi connectivity index (χ0) is 17.4. The van der Waals surface area contributed by atoms with Gasteiger partial charge in [0.25, 0.3) is 0 Å². The molecule has 0 aromatic rings. The van der Waals surface area contributed by atoms with Crippen LogP contribution in [0.5, 0.6) is 0 Å². The number of amides is 1. The highest BCUT2D eigenvalue weighted by molar-refractivity contribution is 14.0. The summed E-state index contributed by atoms with van der Waals surface area (Å²) in [7, 11) is 3.56. The van der Waals surface area contributed by atoms with Crippen LogP contribution in [0.25, 0.3) is 0 Å². The van der Waals surface area contributed by atoms with Crippen molar-refractivity contribution in [2.45, 2.75) is 51.5 Å². The molecule has 0 radical (unpaired) electrons. The van der Waals surface area contributed by atoms with Crippen LogP contribution in [0, 0.1) is 0 Å². The Morgan fingerprint density at radius 2 is 1.76 bits per heavy atom. The topological polar surface area (TPSA) is 51.2 Å². The standard InChI is InChI=1S/C18H35N5O.HI/c1-4-10-19-18(20-15-17(24)21(2)3)23-13-11-22(12-14-23)16-8-6-5-7-9-16;/h16H,4-15H2,1-3H3,(H,19,20);1H. The minimum absolute atomic E-state index is 0. The molecule has 146 valence electrons. The summed E-state index contributed by atoms with van der Waals surface area (Å²) >= 11 is 0. The first-order chi connectivity index (χ1) is 11.6. The van der Waals surface area contributed by atoms with Crippen LogP contribution in [-0.4, -0.2) is 86.0 Å². The number of hydrogen-bond donors (Lipinski definition) is 1. The smallest absolute Gasteiger partial charge is 0.243 e. The van der Waals surface area contributed by atoms with Gasteiger partial charge in [0, 0.05) is 52.9 Å². The molecule has 1 aliphatic heterocycles. The van der Waals surface area contributed by atoms with Crippen molar-refractivity contribution in [1.29, 1.82) is 0 Å². The van der Waals surface area contributed by atoms with E-state index in [1.165, 1.54) is 32.1 Å². The fourth-order valence-electron chi connectivity index (χ4n) is 3.53. The summed E-state index contributed by atoms with van der Waals surface area (Å²) < 4.78 is 0. The average Bonchev–Trinajstić information content (AvgIpc) is 2.62. The van der Waals surface area contributed by atoms with E-state index >= 15 is 0 Å². The number of carbonyl (C=O) groups excluding carboxylic acids is 1. The molecule has 7 heteroatoms. The molecule has 0 unspecified atom stereocenters. The summed E-state index contributed by atoms with van der Waals surface area (Å²) in [5.41, 5.74) is 0. The van der Waals surface area contributed by atoms with Crippen LogP contribution in [0.1, 0.15) is 45.4 Å². The van der Waals surface area contributed by atoms with Gasteiger partial charge in [0.2, 0.25) is 5.91 Å². The lowest BCUT2D eigenvalue weighted by Crippen LogP contribution is -2.55. The van der Waals surface area contributed by atoms with Gasteiger partial charge in [-0.1, -0.05) is 26.2 Å². The van der Waals surface area contributed by atoms with E-state index in [4.69, 9.17) is 0 Å². The second kappa shape index (κ2) is 11.9. The number of piperazine rings is 1. The Balaban J connectivity index is 0.00000312. The highest BCUT2D eigenvalue weighted by atomic mass is 127. The van der Waals surface area contributed by atoms with E-state index in [1.807, 2.05) is 0 Å². The Labute approximate surface area is 170 Å². The molecule has 0 bridgehead atoms. The molecule has 25 heavy (non-hydrogen) atoms. The highest BCUT2D eigenvalue weighted by Gasteiger charge is 2.26. The summed E-state index contributed by atoms with van der Waals surface area (Å²) in [6.45, 7) is 7.50. The summed E-state index contributed by atoms with van der Waals surface area (Å²) in [6, 6.07) is 0.792. The zero-order valence-electron chi connectivity index (χ0n) is 16.2. The lowest BCUT2D eigenvalue weighted by atomic mass is 9.94. The maximum Gasteiger partial charge on any atom is 0.243 e. The Bertz CT molecular complexity index is 416. The Morgan fingerprint density at radius 3 is 2.32 bits per heavy atom. The first kappa shape index (κ1) is 22.5. The first-order valence-electron chi connectivity index (χ1n) is 9.59. The van der Waals surface area contributed by atoms with Gasteiger partial charge in [-0.25, -0.2) is 4.99 Å². The van der Waals surface area contributed by atoms with Crippen molar-refractivity contribution in [3.05, 3.63) is 0 Å². The molecule has 0 aromatic heterocycles. The number of hydrogen-bond acceptors (Lipinski definition) is 3. The van der Waals surface area contributed by atoms with Crippen LogP contribution in [0.2, 0.25) is 0 Å². The Hall–Kier alpha value is -0.570. The summed E-state index contributed by atoms with van der Waals surface area (Å²) in [5.74, 6) is 0.946. The van der Waals surface area contributed by atoms with E-state index in [-0.39, 0.29) is 36.4 Å². The third-order valence-electron chi connectivity index (χ3n) is 5.10. The predicted molar refractivity (Wildman–Crippen MR) is 115 cm³/mol. The Kier molecular flexibility index (Phi) is 10.7. The highest BCUT2D eigenvalue weighted by Crippen LogP contribution is 2.23. The van der Waals surface area contributed by atoms with Gasteiger partial charge in [-0.15, -0.1) is 24.0 Å². The quantitative estimate of drug-likeness (QED) is 0.384. The van der Waals surface area contributed by atoms with Gasteiger partial charge in [-0.2, -0.15) is 0 Å². The minimum Gasteiger partial charge on any atom is -0.356 e. The third-order valence-corrected chi connectivity index (χ3v) is 5.10. The fourth-order valence-corrected chi connectivity index (χ4v) is 3.53. The zero-order valence-corrected chi connectivity index (χ0v) is 18.5. The summed E-state index contributed by atoms with van der Waals surface area (Å²) in [4.78, 5) is 23.0. The van der Waals surface area contributed by atoms with E-state index in [0.29, 0.717) is 0 Å². The van der Waals surface area contributed by atoms with Crippen molar-refractivity contribution >= 4 is 35.8 Å². The number of nitrogens with zero attached hydrogens (tertiary/aromatic N) is 4. The lowest BCUT2D eigenvalue weighted by Gasteiger charge is -2.41. The van der Waals surface area contributed by atoms with Crippen LogP contribution >= 0.6 is 24.0 Å². The second-order valence-electron chi connectivity index (χ2n) is 7.17. The van der Waals surface area contributed by atoms with Gasteiger partial charge < -0.3 is 15.1 Å². The molecule has 2 rings (SSSR count). The number of carbonyl (C=O) groups is 1. The normalized spacial score (nSPS) is 20.1. The van der Waals surface area contributed by atoms with E-state index < -0.39 is 0 Å². The van der Waals surface area contributed by atoms with Gasteiger partial charge in [0.1, 0.15) is 6.54 Å². The molecule has 0 aromatic carbocycles. The van der Waals surface area contributed by atoms with Gasteiger partial charge in [0.15, 0.2) is 5.96 Å². The van der Waals surface area contributed by atoms with Crippen molar-refractivity contribution in [3.8, 4) is 0 Å². The van der Waals surface area contributed by atoms with Gasteiger partial charge in [-0.3, -0.25) is 9.69 Å². The van der Waals surface area contributed by atoms with Crippen LogP contribution in [-0.2, 0) is 4.79 Å². The van der Waals surface area contributed by atoms with Crippen molar-refractivity contribution < 1.29 is 4.79 Å². The summed E-state index contributed by atoms with van der Waals surface area (Å²) in [5, 5.41) is 3.41. The van der Waals surface area contributed by atoms with Gasteiger partial charge in [-0.05, 0) is 19.3 Å². The van der Waals surface area contributed by atoms with Crippen molar-refractivity contribution in [2.75, 3.05) is 53.4 Å². The minimum atomic E-state index is 0. The number of halogens is 1. The molecule has 1 heterocycles. The molecule has 1 aliphatic carbocycles. The number of rotatable bonds is 5. The van der Waals surface area contributed by atoms with Crippen LogP contribution in [0.3, 0.4) is 0 Å². The van der Waals surface area contributed by atoms with Gasteiger partial charge in [0.05, 0.1) is 0 Å². The van der Waals surface area contributed by atoms with Crippen molar-refractivity contribution in [2.24, 2.45) is 4.99 Å². The van der Waals surface area contributed by atoms with Crippen molar-refractivity contribution in [1.82, 2.24) is 20.0 Å². The monoisotopic (exact) mass is 465 g/mol. The first-order valence-corrected chi connectivity index (χ1v) is 9.59. The van der Waals surface area contributed by atoms with Crippen LogP contribution in [0.4, 0.5) is 0 Å². The fraction of sp³-hybridized carbons (Fsp3) is 0.889. The maximum atomic E-state index is 11.8. The molecule has 2 fully saturated rings. The number of likely N-dealkylation sites (N-methyl/N-ethyl adjacent to an activating group) is 1. The van der Waals surface area contributed by atoms with Crippen LogP contribution < -0.4 is 5.32 Å². The van der Waals surface area contributed by atoms with E-state index in [9.17, 15) is 4.79 Å². The predicted octanol–water partition coefficient (Wildman–Crippen LogP) is 2.00. The van der Waals surface area contributed by atoms with Gasteiger partial charge >= 0.3 is 0 Å². The van der Waals surface area contributed by atoms with E-state index in [1.54, 1.807) is 19.0 Å². The molecule has 0 spiro atoms. The lowest BCUT2D eigenvalue weighted by molar-refractivity contribution is -0.127. The molecule has 1 amide bonds. The summed E-state index contributed by atoms with van der Waals surface area (Å²) in [6.07, 6.45) is 7.99. The second-order valence-corrected chi connectivity index (χ2v) is 7.17. The molecular weight excluding hydrogens is 429 g/mol. The van der Waals surface area contributed by atoms with Crippen LogP contribution in [0.15, 0.2) is 4.99 Å². The Morgan fingerprint density at radius 1 is 1.12 bits per heavy atom. The van der Waals surface area contributed by atoms with E-state index in [0.717, 1.165) is 51.1 Å². The molecule has 6 nitrogen and oxygen atoms in total. The third kappa shape index (κ3) is 7.29. The number of aliphatic imine (C=N–C) groups is 1. The largest absolute Gasteiger partial charge is 0.356 e. The molecule has 2 aliphatic rings. The number of nitrogens with one attached hydrogen (secondary N) is 1. The average molecular weight is 465 g/mol. The van der Waals surface area contributed by atoms with Crippen molar-refractivity contribution in [3.63, 3.8) is 0 Å². The SMILES string of the molecule is CCCNC(=NCC(=O)N(C)C)N1CCN(C2CCCCC2)CC1.I. The van der Waals surface area contributed by atoms with E-state index in [2.05, 4.69) is 27.0 Å². The molecule has 0 atom stereocenters. The molecule has 1 saturated heterocycles. The number of guanidine groups is 1. The molecule has 1 saturated carbocycles. The maximum absolute atomic E-state index is 11.8. The molecular formula is C18H36IN5O. The molecule has 1 N–H and O–H groups in total.